The van der Waals surface area contributed by atoms with Crippen LogP contribution in [0.2, 0.25) is 0 Å². The van der Waals surface area contributed by atoms with Gasteiger partial charge in [0.1, 0.15) is 0 Å². The highest BCUT2D eigenvalue weighted by molar-refractivity contribution is 7.10. The van der Waals surface area contributed by atoms with Gasteiger partial charge in [0.05, 0.1) is 24.9 Å². The molecule has 1 aromatic rings. The Morgan fingerprint density at radius 1 is 1.36 bits per heavy atom. The number of hydrogen-bond donors (Lipinski definition) is 2. The molecule has 2 aliphatic heterocycles. The van der Waals surface area contributed by atoms with E-state index >= 15 is 0 Å². The lowest BCUT2D eigenvalue weighted by Gasteiger charge is -2.34. The van der Waals surface area contributed by atoms with Crippen LogP contribution in [0.15, 0.2) is 22.5 Å². The molecule has 3 heterocycles. The Hall–Kier alpha value is -1.15. The number of guanidine groups is 1. The summed E-state index contributed by atoms with van der Waals surface area (Å²) >= 11 is 1.81. The SMILES string of the molecule is CN=C(NCC(c1cccs1)N1CCOCC1)NCC1(C)CCCO1. The van der Waals surface area contributed by atoms with E-state index in [2.05, 4.69) is 45.0 Å². The fraction of sp³-hybridized carbons (Fsp3) is 0.722. The number of nitrogens with zero attached hydrogens (tertiary/aromatic N) is 2. The van der Waals surface area contributed by atoms with Crippen molar-refractivity contribution < 1.29 is 9.47 Å². The Morgan fingerprint density at radius 2 is 2.20 bits per heavy atom. The van der Waals surface area contributed by atoms with E-state index in [0.717, 1.165) is 64.8 Å². The Bertz CT molecular complexity index is 537. The summed E-state index contributed by atoms with van der Waals surface area (Å²) in [6, 6.07) is 4.69. The van der Waals surface area contributed by atoms with Gasteiger partial charge in [-0.2, -0.15) is 0 Å². The number of aliphatic imine (C=N–C) groups is 1. The molecular weight excluding hydrogens is 336 g/mol. The molecule has 2 atom stereocenters. The third-order valence-electron chi connectivity index (χ3n) is 4.97. The van der Waals surface area contributed by atoms with Crippen LogP contribution in [0.1, 0.15) is 30.7 Å². The minimum atomic E-state index is -0.0744. The quantitative estimate of drug-likeness (QED) is 0.594. The Labute approximate surface area is 154 Å². The van der Waals surface area contributed by atoms with Crippen LogP contribution in [0.4, 0.5) is 0 Å². The van der Waals surface area contributed by atoms with Gasteiger partial charge >= 0.3 is 0 Å². The average molecular weight is 367 g/mol. The fourth-order valence-corrected chi connectivity index (χ4v) is 4.30. The zero-order valence-corrected chi connectivity index (χ0v) is 16.1. The molecular formula is C18H30N4O2S. The average Bonchev–Trinajstić information content (AvgIpc) is 3.31. The van der Waals surface area contributed by atoms with E-state index in [1.54, 1.807) is 0 Å². The highest BCUT2D eigenvalue weighted by atomic mass is 32.1. The molecule has 3 rings (SSSR count). The number of ether oxygens (including phenoxy) is 2. The smallest absolute Gasteiger partial charge is 0.191 e. The van der Waals surface area contributed by atoms with Crippen LogP contribution in [0.5, 0.6) is 0 Å². The zero-order valence-electron chi connectivity index (χ0n) is 15.3. The van der Waals surface area contributed by atoms with E-state index in [4.69, 9.17) is 9.47 Å². The summed E-state index contributed by atoms with van der Waals surface area (Å²) in [7, 11) is 1.82. The molecule has 2 fully saturated rings. The maximum absolute atomic E-state index is 5.85. The Balaban J connectivity index is 1.55. The largest absolute Gasteiger partial charge is 0.379 e. The molecule has 2 saturated heterocycles. The van der Waals surface area contributed by atoms with Crippen molar-refractivity contribution in [3.8, 4) is 0 Å². The van der Waals surface area contributed by atoms with Gasteiger partial charge in [-0.05, 0) is 31.2 Å². The molecule has 0 saturated carbocycles. The van der Waals surface area contributed by atoms with Crippen molar-refractivity contribution in [3.05, 3.63) is 22.4 Å². The lowest BCUT2D eigenvalue weighted by molar-refractivity contribution is 0.0174. The van der Waals surface area contributed by atoms with E-state index in [0.29, 0.717) is 6.04 Å². The molecule has 0 radical (unpaired) electrons. The van der Waals surface area contributed by atoms with Crippen molar-refractivity contribution in [1.82, 2.24) is 15.5 Å². The molecule has 2 unspecified atom stereocenters. The highest BCUT2D eigenvalue weighted by Crippen LogP contribution is 2.26. The van der Waals surface area contributed by atoms with Gasteiger partial charge in [-0.3, -0.25) is 9.89 Å². The van der Waals surface area contributed by atoms with Crippen LogP contribution < -0.4 is 10.6 Å². The normalized spacial score (nSPS) is 26.6. The number of thiophene rings is 1. The molecule has 0 bridgehead atoms. The minimum absolute atomic E-state index is 0.0744. The first-order chi connectivity index (χ1) is 12.2. The van der Waals surface area contributed by atoms with E-state index in [1.165, 1.54) is 4.88 Å². The van der Waals surface area contributed by atoms with Gasteiger partial charge in [0.25, 0.3) is 0 Å². The van der Waals surface area contributed by atoms with E-state index < -0.39 is 0 Å². The topological polar surface area (TPSA) is 58.1 Å². The number of morpholine rings is 1. The van der Waals surface area contributed by atoms with E-state index in [1.807, 2.05) is 18.4 Å². The molecule has 140 valence electrons. The van der Waals surface area contributed by atoms with E-state index in [9.17, 15) is 0 Å². The summed E-state index contributed by atoms with van der Waals surface area (Å²) < 4.78 is 11.4. The lowest BCUT2D eigenvalue weighted by Crippen LogP contribution is -2.48. The van der Waals surface area contributed by atoms with Crippen LogP contribution in [-0.4, -0.2) is 69.5 Å². The first kappa shape index (κ1) is 18.6. The molecule has 0 aliphatic carbocycles. The Kier molecular flexibility index (Phi) is 6.70. The van der Waals surface area contributed by atoms with Gasteiger partial charge in [-0.1, -0.05) is 6.07 Å². The van der Waals surface area contributed by atoms with Crippen molar-refractivity contribution in [3.63, 3.8) is 0 Å². The van der Waals surface area contributed by atoms with Crippen LogP contribution >= 0.6 is 11.3 Å². The molecule has 2 N–H and O–H groups in total. The molecule has 0 amide bonds. The Morgan fingerprint density at radius 3 is 2.84 bits per heavy atom. The third-order valence-corrected chi connectivity index (χ3v) is 5.95. The van der Waals surface area contributed by atoms with Crippen LogP contribution in [-0.2, 0) is 9.47 Å². The maximum Gasteiger partial charge on any atom is 0.191 e. The zero-order chi connectivity index (χ0) is 17.5. The third kappa shape index (κ3) is 5.17. The molecule has 6 nitrogen and oxygen atoms in total. The fourth-order valence-electron chi connectivity index (χ4n) is 3.44. The van der Waals surface area contributed by atoms with Crippen molar-refractivity contribution in [2.45, 2.75) is 31.4 Å². The molecule has 0 spiro atoms. The second-order valence-corrected chi connectivity index (χ2v) is 7.87. The summed E-state index contributed by atoms with van der Waals surface area (Å²) in [6.45, 7) is 8.22. The summed E-state index contributed by atoms with van der Waals surface area (Å²) in [5.74, 6) is 0.839. The van der Waals surface area contributed by atoms with Crippen LogP contribution in [0.3, 0.4) is 0 Å². The van der Waals surface area contributed by atoms with Gasteiger partial charge in [0, 0.05) is 44.7 Å². The van der Waals surface area contributed by atoms with Crippen molar-refractivity contribution in [1.29, 1.82) is 0 Å². The second kappa shape index (κ2) is 8.98. The minimum Gasteiger partial charge on any atom is -0.379 e. The van der Waals surface area contributed by atoms with Crippen molar-refractivity contribution in [2.24, 2.45) is 4.99 Å². The lowest BCUT2D eigenvalue weighted by atomic mass is 10.0. The van der Waals surface area contributed by atoms with Crippen LogP contribution in [0, 0.1) is 0 Å². The van der Waals surface area contributed by atoms with Crippen molar-refractivity contribution in [2.75, 3.05) is 53.0 Å². The number of nitrogens with one attached hydrogen (secondary N) is 2. The summed E-state index contributed by atoms with van der Waals surface area (Å²) in [5, 5.41) is 9.08. The maximum atomic E-state index is 5.85. The van der Waals surface area contributed by atoms with Gasteiger partial charge in [0.15, 0.2) is 5.96 Å². The predicted molar refractivity (Wildman–Crippen MR) is 102 cm³/mol. The molecule has 25 heavy (non-hydrogen) atoms. The first-order valence-electron chi connectivity index (χ1n) is 9.14. The molecule has 0 aromatic carbocycles. The number of rotatable bonds is 6. The summed E-state index contributed by atoms with van der Waals surface area (Å²) in [6.07, 6.45) is 2.24. The summed E-state index contributed by atoms with van der Waals surface area (Å²) in [4.78, 5) is 8.26. The summed E-state index contributed by atoms with van der Waals surface area (Å²) in [5.41, 5.74) is -0.0744. The highest BCUT2D eigenvalue weighted by Gasteiger charge is 2.30. The molecule has 7 heteroatoms. The van der Waals surface area contributed by atoms with Crippen LogP contribution in [0.25, 0.3) is 0 Å². The number of hydrogen-bond acceptors (Lipinski definition) is 5. The van der Waals surface area contributed by atoms with Gasteiger partial charge in [-0.25, -0.2) is 0 Å². The van der Waals surface area contributed by atoms with E-state index in [-0.39, 0.29) is 5.60 Å². The van der Waals surface area contributed by atoms with Gasteiger partial charge in [0.2, 0.25) is 0 Å². The monoisotopic (exact) mass is 366 g/mol. The molecule has 1 aromatic heterocycles. The first-order valence-corrected chi connectivity index (χ1v) is 10.0. The second-order valence-electron chi connectivity index (χ2n) is 6.89. The van der Waals surface area contributed by atoms with Gasteiger partial charge in [-0.15, -0.1) is 11.3 Å². The molecule has 2 aliphatic rings. The standard InChI is InChI=1S/C18H30N4O2S/c1-18(6-4-9-24-18)14-21-17(19-2)20-13-15(16-5-3-12-25-16)22-7-10-23-11-8-22/h3,5,12,15H,4,6-11,13-14H2,1-2H3,(H2,19,20,21). The van der Waals surface area contributed by atoms with Gasteiger partial charge < -0.3 is 20.1 Å². The van der Waals surface area contributed by atoms with Crippen molar-refractivity contribution >= 4 is 17.3 Å². The predicted octanol–water partition coefficient (Wildman–Crippen LogP) is 1.86.